The number of aromatic nitrogens is 4. The van der Waals surface area contributed by atoms with Crippen LogP contribution >= 0.6 is 0 Å². The molecule has 6 heteroatoms. The molecule has 4 fully saturated rings. The summed E-state index contributed by atoms with van der Waals surface area (Å²) in [5, 5.41) is 16.6. The van der Waals surface area contributed by atoms with Crippen LogP contribution in [0, 0.1) is 16.7 Å². The maximum atomic E-state index is 12.3. The van der Waals surface area contributed by atoms with Crippen LogP contribution in [0.15, 0.2) is 0 Å². The van der Waals surface area contributed by atoms with E-state index in [0.29, 0.717) is 10.8 Å². The highest BCUT2D eigenvalue weighted by atomic mass is 16.2. The second-order valence-electron chi connectivity index (χ2n) is 8.10. The van der Waals surface area contributed by atoms with E-state index < -0.39 is 0 Å². The Hall–Kier alpha value is -1.46. The minimum absolute atomic E-state index is 0.0549. The zero-order chi connectivity index (χ0) is 14.0. The molecule has 0 radical (unpaired) electrons. The number of nitrogens with one attached hydrogen (secondary N) is 2. The first-order chi connectivity index (χ1) is 9.40. The van der Waals surface area contributed by atoms with Crippen molar-refractivity contribution in [2.45, 2.75) is 57.9 Å². The molecule has 0 saturated heterocycles. The fourth-order valence-electron chi connectivity index (χ4n) is 6.14. The number of hydrogen-bond acceptors (Lipinski definition) is 4. The number of H-pyrrole nitrogens is 1. The minimum Gasteiger partial charge on any atom is -0.344 e. The lowest BCUT2D eigenvalue weighted by Gasteiger charge is -2.65. The van der Waals surface area contributed by atoms with Crippen molar-refractivity contribution in [3.05, 3.63) is 5.82 Å². The first kappa shape index (κ1) is 12.3. The smallest absolute Gasteiger partial charge is 0.293 e. The largest absolute Gasteiger partial charge is 0.344 e. The lowest BCUT2D eigenvalue weighted by atomic mass is 9.43. The number of carbonyl (C=O) groups excluding carboxylic acids is 1. The molecule has 1 aromatic rings. The van der Waals surface area contributed by atoms with Gasteiger partial charge in [-0.25, -0.2) is 0 Å². The molecule has 4 aliphatic carbocycles. The molecule has 1 amide bonds. The predicted molar refractivity (Wildman–Crippen MR) is 71.8 cm³/mol. The second kappa shape index (κ2) is 3.59. The van der Waals surface area contributed by atoms with Crippen LogP contribution in [0.25, 0.3) is 0 Å². The molecular formula is C14H21N5O. The van der Waals surface area contributed by atoms with Gasteiger partial charge >= 0.3 is 0 Å². The molecule has 4 aliphatic rings. The molecule has 1 heterocycles. The number of nitrogens with zero attached hydrogens (tertiary/aromatic N) is 3. The van der Waals surface area contributed by atoms with Gasteiger partial charge in [0.25, 0.3) is 11.7 Å². The summed E-state index contributed by atoms with van der Waals surface area (Å²) in [6.45, 7) is 4.79. The number of rotatable bonds is 2. The highest BCUT2D eigenvalue weighted by molar-refractivity contribution is 5.90. The summed E-state index contributed by atoms with van der Waals surface area (Å²) in [6, 6.07) is 0. The number of hydrogen-bond donors (Lipinski definition) is 2. The van der Waals surface area contributed by atoms with Gasteiger partial charge in [-0.15, -0.1) is 10.2 Å². The van der Waals surface area contributed by atoms with Crippen molar-refractivity contribution in [1.29, 1.82) is 0 Å². The van der Waals surface area contributed by atoms with Crippen LogP contribution in [0.1, 0.15) is 63.0 Å². The normalized spacial score (nSPS) is 45.6. The lowest BCUT2D eigenvalue weighted by molar-refractivity contribution is -0.114. The Bertz CT molecular complexity index is 536. The fourth-order valence-corrected chi connectivity index (χ4v) is 6.14. The zero-order valence-electron chi connectivity index (χ0n) is 12.1. The highest BCUT2D eigenvalue weighted by Gasteiger charge is 2.60. The molecule has 4 bridgehead atoms. The van der Waals surface area contributed by atoms with E-state index in [-0.39, 0.29) is 17.3 Å². The number of aromatic amines is 1. The van der Waals surface area contributed by atoms with E-state index in [9.17, 15) is 4.79 Å². The molecule has 2 N–H and O–H groups in total. The van der Waals surface area contributed by atoms with Gasteiger partial charge in [-0.05, 0) is 60.5 Å². The van der Waals surface area contributed by atoms with Gasteiger partial charge in [-0.2, -0.15) is 5.21 Å². The van der Waals surface area contributed by atoms with Crippen LogP contribution in [-0.4, -0.2) is 32.1 Å². The fraction of sp³-hybridized carbons (Fsp3) is 0.857. The average Bonchev–Trinajstić information content (AvgIpc) is 2.75. The first-order valence-corrected chi connectivity index (χ1v) is 7.46. The van der Waals surface area contributed by atoms with E-state index in [1.54, 1.807) is 0 Å². The van der Waals surface area contributed by atoms with Crippen molar-refractivity contribution >= 4 is 5.91 Å². The van der Waals surface area contributed by atoms with E-state index in [4.69, 9.17) is 0 Å². The Morgan fingerprint density at radius 1 is 1.20 bits per heavy atom. The molecule has 4 saturated carbocycles. The van der Waals surface area contributed by atoms with Crippen molar-refractivity contribution in [1.82, 2.24) is 25.9 Å². The summed E-state index contributed by atoms with van der Waals surface area (Å²) in [7, 11) is 0. The van der Waals surface area contributed by atoms with E-state index in [1.807, 2.05) is 0 Å². The summed E-state index contributed by atoms with van der Waals surface area (Å²) >= 11 is 0. The van der Waals surface area contributed by atoms with Crippen LogP contribution in [0.3, 0.4) is 0 Å². The standard InChI is InChI=1S/C14H21N5O/c1-12-3-9-4-13(2,6-12)8-14(5-9,7-12)15-11(20)10-16-18-19-17-10/h9H,3-8H2,1-2H3,(H,15,20)(H,16,17,18,19). The zero-order valence-corrected chi connectivity index (χ0v) is 12.1. The Morgan fingerprint density at radius 2 is 1.90 bits per heavy atom. The van der Waals surface area contributed by atoms with Gasteiger partial charge in [-0.3, -0.25) is 4.79 Å². The van der Waals surface area contributed by atoms with Crippen LogP contribution in [0.5, 0.6) is 0 Å². The monoisotopic (exact) mass is 275 g/mol. The molecule has 1 aromatic heterocycles. The molecule has 0 aliphatic heterocycles. The molecule has 0 aromatic carbocycles. The van der Waals surface area contributed by atoms with Crippen molar-refractivity contribution in [3.8, 4) is 0 Å². The minimum atomic E-state index is -0.187. The van der Waals surface area contributed by atoms with Crippen molar-refractivity contribution < 1.29 is 4.79 Å². The van der Waals surface area contributed by atoms with Gasteiger partial charge in [0.1, 0.15) is 0 Å². The summed E-state index contributed by atoms with van der Waals surface area (Å²) in [4.78, 5) is 12.3. The molecular weight excluding hydrogens is 254 g/mol. The third-order valence-electron chi connectivity index (χ3n) is 5.55. The van der Waals surface area contributed by atoms with Crippen LogP contribution in [-0.2, 0) is 0 Å². The third kappa shape index (κ3) is 1.77. The van der Waals surface area contributed by atoms with Gasteiger partial charge in [0.05, 0.1) is 0 Å². The summed E-state index contributed by atoms with van der Waals surface area (Å²) in [6.07, 6.45) is 7.24. The predicted octanol–water partition coefficient (Wildman–Crippen LogP) is 1.68. The Morgan fingerprint density at radius 3 is 2.45 bits per heavy atom. The SMILES string of the molecule is CC12CC3CC(C)(C1)CC(NC(=O)c1nn[nH]n1)(C3)C2. The van der Waals surface area contributed by atoms with Crippen LogP contribution in [0.2, 0.25) is 0 Å². The lowest BCUT2D eigenvalue weighted by Crippen LogP contribution is -2.65. The number of carbonyl (C=O) groups is 1. The topological polar surface area (TPSA) is 83.6 Å². The molecule has 108 valence electrons. The van der Waals surface area contributed by atoms with Gasteiger partial charge in [0, 0.05) is 5.54 Å². The van der Waals surface area contributed by atoms with Gasteiger partial charge in [0.15, 0.2) is 0 Å². The van der Waals surface area contributed by atoms with Crippen LogP contribution in [0.4, 0.5) is 0 Å². The van der Waals surface area contributed by atoms with Gasteiger partial charge in [0.2, 0.25) is 0 Å². The number of amides is 1. The summed E-state index contributed by atoms with van der Waals surface area (Å²) in [5.74, 6) is 0.718. The molecule has 2 atom stereocenters. The molecule has 2 unspecified atom stereocenters. The molecule has 0 spiro atoms. The number of tetrazole rings is 1. The molecule has 20 heavy (non-hydrogen) atoms. The summed E-state index contributed by atoms with van der Waals surface area (Å²) < 4.78 is 0. The first-order valence-electron chi connectivity index (χ1n) is 7.46. The van der Waals surface area contributed by atoms with Gasteiger partial charge in [-0.1, -0.05) is 13.8 Å². The van der Waals surface area contributed by atoms with Crippen molar-refractivity contribution in [3.63, 3.8) is 0 Å². The van der Waals surface area contributed by atoms with Crippen molar-refractivity contribution in [2.24, 2.45) is 16.7 Å². The van der Waals surface area contributed by atoms with Crippen molar-refractivity contribution in [2.75, 3.05) is 0 Å². The van der Waals surface area contributed by atoms with Gasteiger partial charge < -0.3 is 5.32 Å². The van der Waals surface area contributed by atoms with E-state index in [1.165, 1.54) is 19.3 Å². The second-order valence-corrected chi connectivity index (χ2v) is 8.10. The quantitative estimate of drug-likeness (QED) is 0.860. The third-order valence-corrected chi connectivity index (χ3v) is 5.55. The van der Waals surface area contributed by atoms with E-state index in [2.05, 4.69) is 39.8 Å². The molecule has 5 rings (SSSR count). The maximum absolute atomic E-state index is 12.3. The van der Waals surface area contributed by atoms with Crippen LogP contribution < -0.4 is 5.32 Å². The highest BCUT2D eigenvalue weighted by Crippen LogP contribution is 2.66. The average molecular weight is 275 g/mol. The van der Waals surface area contributed by atoms with E-state index >= 15 is 0 Å². The Balaban J connectivity index is 1.63. The van der Waals surface area contributed by atoms with E-state index in [0.717, 1.165) is 25.2 Å². The summed E-state index contributed by atoms with van der Waals surface area (Å²) in [5.41, 5.74) is 0.720. The maximum Gasteiger partial charge on any atom is 0.293 e. The molecule has 6 nitrogen and oxygen atoms in total. The Kier molecular flexibility index (Phi) is 2.21. The Labute approximate surface area is 118 Å².